The molecule has 0 saturated carbocycles. The van der Waals surface area contributed by atoms with Gasteiger partial charge in [0.15, 0.2) is 5.82 Å². The highest BCUT2D eigenvalue weighted by Gasteiger charge is 2.08. The molecule has 5 nitrogen and oxygen atoms in total. The van der Waals surface area contributed by atoms with Gasteiger partial charge in [-0.1, -0.05) is 26.0 Å². The highest BCUT2D eigenvalue weighted by molar-refractivity contribution is 7.71. The number of hydrogen-bond acceptors (Lipinski definition) is 4. The Kier molecular flexibility index (Phi) is 4.34. The van der Waals surface area contributed by atoms with E-state index in [0.717, 1.165) is 17.1 Å². The zero-order valence-corrected chi connectivity index (χ0v) is 13.0. The van der Waals surface area contributed by atoms with Gasteiger partial charge in [0.25, 0.3) is 0 Å². The van der Waals surface area contributed by atoms with E-state index >= 15 is 0 Å². The highest BCUT2D eigenvalue weighted by Crippen LogP contribution is 2.13. The second kappa shape index (κ2) is 6.00. The number of hydrogen-bond donors (Lipinski definition) is 1. The maximum absolute atomic E-state index is 5.19. The average Bonchev–Trinajstić information content (AvgIpc) is 2.78. The van der Waals surface area contributed by atoms with E-state index in [4.69, 9.17) is 12.2 Å². The van der Waals surface area contributed by atoms with Crippen LogP contribution in [0.2, 0.25) is 0 Å². The fourth-order valence-electron chi connectivity index (χ4n) is 1.77. The summed E-state index contributed by atoms with van der Waals surface area (Å²) < 4.78 is 2.18. The van der Waals surface area contributed by atoms with Crippen LogP contribution in [0.3, 0.4) is 0 Å². The van der Waals surface area contributed by atoms with Gasteiger partial charge >= 0.3 is 0 Å². The zero-order chi connectivity index (χ0) is 14.7. The van der Waals surface area contributed by atoms with E-state index in [-0.39, 0.29) is 5.92 Å². The summed E-state index contributed by atoms with van der Waals surface area (Å²) in [5, 5.41) is 11.4. The maximum Gasteiger partial charge on any atom is 0.216 e. The fourth-order valence-corrected chi connectivity index (χ4v) is 1.96. The number of rotatable bonds is 4. The van der Waals surface area contributed by atoms with E-state index < -0.39 is 0 Å². The molecule has 0 atom stereocenters. The van der Waals surface area contributed by atoms with Crippen LogP contribution in [-0.2, 0) is 0 Å². The van der Waals surface area contributed by atoms with Crippen molar-refractivity contribution in [2.45, 2.75) is 19.8 Å². The smallest absolute Gasteiger partial charge is 0.216 e. The third-order valence-electron chi connectivity index (χ3n) is 2.92. The minimum atomic E-state index is 0.260. The Hall–Kier alpha value is -1.95. The molecule has 1 heterocycles. The number of aromatic nitrogens is 3. The second-order valence-corrected chi connectivity index (χ2v) is 5.47. The van der Waals surface area contributed by atoms with Crippen molar-refractivity contribution in [3.63, 3.8) is 0 Å². The first-order valence-electron chi connectivity index (χ1n) is 6.48. The minimum absolute atomic E-state index is 0.260. The largest absolute Gasteiger partial charge is 0.378 e. The molecular weight excluding hydrogens is 270 g/mol. The van der Waals surface area contributed by atoms with Crippen LogP contribution in [0.1, 0.15) is 31.2 Å². The Morgan fingerprint density at radius 1 is 1.30 bits per heavy atom. The van der Waals surface area contributed by atoms with Crippen molar-refractivity contribution in [2.24, 2.45) is 5.10 Å². The zero-order valence-electron chi connectivity index (χ0n) is 12.2. The van der Waals surface area contributed by atoms with E-state index in [2.05, 4.69) is 46.2 Å². The van der Waals surface area contributed by atoms with Crippen molar-refractivity contribution in [3.8, 4) is 0 Å². The van der Waals surface area contributed by atoms with Crippen LogP contribution in [0.5, 0.6) is 0 Å². The van der Waals surface area contributed by atoms with Crippen molar-refractivity contribution < 1.29 is 0 Å². The van der Waals surface area contributed by atoms with Gasteiger partial charge in [-0.2, -0.15) is 14.9 Å². The molecule has 1 aromatic carbocycles. The summed E-state index contributed by atoms with van der Waals surface area (Å²) in [7, 11) is 4.03. The fraction of sp³-hybridized carbons (Fsp3) is 0.357. The van der Waals surface area contributed by atoms with Gasteiger partial charge in [0.2, 0.25) is 4.77 Å². The van der Waals surface area contributed by atoms with Gasteiger partial charge in [-0.05, 0) is 29.9 Å². The molecule has 0 bridgehead atoms. The number of aromatic amines is 1. The molecular formula is C14H19N5S. The van der Waals surface area contributed by atoms with E-state index in [1.807, 2.05) is 26.2 Å². The highest BCUT2D eigenvalue weighted by atomic mass is 32.1. The molecule has 2 aromatic rings. The van der Waals surface area contributed by atoms with Crippen LogP contribution in [0.25, 0.3) is 0 Å². The van der Waals surface area contributed by atoms with Gasteiger partial charge in [-0.3, -0.25) is 5.10 Å². The molecule has 0 aliphatic heterocycles. The predicted octanol–water partition coefficient (Wildman–Crippen LogP) is 3.01. The second-order valence-electron chi connectivity index (χ2n) is 5.08. The third-order valence-corrected chi connectivity index (χ3v) is 3.19. The Balaban J connectivity index is 2.25. The van der Waals surface area contributed by atoms with Gasteiger partial charge in [-0.25, -0.2) is 0 Å². The van der Waals surface area contributed by atoms with Crippen LogP contribution in [-0.4, -0.2) is 35.2 Å². The third kappa shape index (κ3) is 3.14. The van der Waals surface area contributed by atoms with E-state index in [1.165, 1.54) is 0 Å². The molecule has 1 N–H and O–H groups in total. The van der Waals surface area contributed by atoms with Crippen molar-refractivity contribution in [1.82, 2.24) is 14.9 Å². The topological polar surface area (TPSA) is 49.2 Å². The summed E-state index contributed by atoms with van der Waals surface area (Å²) >= 11 is 5.19. The first-order valence-corrected chi connectivity index (χ1v) is 6.89. The summed E-state index contributed by atoms with van der Waals surface area (Å²) in [5.41, 5.74) is 2.18. The number of benzene rings is 1. The van der Waals surface area contributed by atoms with Crippen molar-refractivity contribution in [1.29, 1.82) is 0 Å². The van der Waals surface area contributed by atoms with Gasteiger partial charge in [-0.15, -0.1) is 0 Å². The van der Waals surface area contributed by atoms with Gasteiger partial charge in [0, 0.05) is 25.7 Å². The van der Waals surface area contributed by atoms with E-state index in [1.54, 1.807) is 10.9 Å². The van der Waals surface area contributed by atoms with Crippen molar-refractivity contribution >= 4 is 24.1 Å². The Morgan fingerprint density at radius 2 is 1.95 bits per heavy atom. The molecule has 0 aliphatic rings. The van der Waals surface area contributed by atoms with Crippen LogP contribution in [0, 0.1) is 4.77 Å². The molecule has 106 valence electrons. The van der Waals surface area contributed by atoms with Gasteiger partial charge in [0.1, 0.15) is 0 Å². The molecule has 20 heavy (non-hydrogen) atoms. The number of nitrogens with one attached hydrogen (secondary N) is 1. The van der Waals surface area contributed by atoms with Crippen LogP contribution in [0.15, 0.2) is 29.4 Å². The summed E-state index contributed by atoms with van der Waals surface area (Å²) in [6, 6.07) is 8.16. The lowest BCUT2D eigenvalue weighted by molar-refractivity contribution is 0.695. The minimum Gasteiger partial charge on any atom is -0.378 e. The molecule has 0 amide bonds. The summed E-state index contributed by atoms with van der Waals surface area (Å²) in [5.74, 6) is 1.09. The van der Waals surface area contributed by atoms with Gasteiger partial charge < -0.3 is 4.90 Å². The Bertz CT molecular complexity index is 649. The summed E-state index contributed by atoms with van der Waals surface area (Å²) in [6.07, 6.45) is 1.79. The summed E-state index contributed by atoms with van der Waals surface area (Å²) in [6.45, 7) is 4.12. The molecule has 6 heteroatoms. The molecule has 0 spiro atoms. The lowest BCUT2D eigenvalue weighted by Gasteiger charge is -2.11. The quantitative estimate of drug-likeness (QED) is 0.695. The Morgan fingerprint density at radius 3 is 2.50 bits per heavy atom. The Labute approximate surface area is 123 Å². The van der Waals surface area contributed by atoms with Crippen molar-refractivity contribution in [2.75, 3.05) is 19.0 Å². The number of nitrogens with zero attached hydrogens (tertiary/aromatic N) is 4. The number of H-pyrrole nitrogens is 1. The average molecular weight is 289 g/mol. The van der Waals surface area contributed by atoms with Crippen molar-refractivity contribution in [3.05, 3.63) is 40.4 Å². The molecule has 0 radical (unpaired) electrons. The number of anilines is 1. The first kappa shape index (κ1) is 14.5. The molecule has 0 aliphatic carbocycles. The molecule has 1 aromatic heterocycles. The molecule has 0 unspecified atom stereocenters. The van der Waals surface area contributed by atoms with Crippen LogP contribution >= 0.6 is 12.2 Å². The first-order chi connectivity index (χ1) is 9.49. The van der Waals surface area contributed by atoms with Gasteiger partial charge in [0.05, 0.1) is 6.21 Å². The predicted molar refractivity (Wildman–Crippen MR) is 85.3 cm³/mol. The van der Waals surface area contributed by atoms with Crippen LogP contribution in [0.4, 0.5) is 5.69 Å². The monoisotopic (exact) mass is 289 g/mol. The normalized spacial score (nSPS) is 11.4. The molecule has 0 saturated heterocycles. The lowest BCUT2D eigenvalue weighted by Crippen LogP contribution is -2.08. The van der Waals surface area contributed by atoms with Crippen LogP contribution < -0.4 is 4.90 Å². The maximum atomic E-state index is 5.19. The van der Waals surface area contributed by atoms with E-state index in [9.17, 15) is 0 Å². The molecule has 0 fully saturated rings. The SMILES string of the molecule is CC(C)c1n[nH]c(=S)n1N=Cc1ccc(N(C)C)cc1. The standard InChI is InChI=1S/C14H19N5S/c1-10(2)13-16-17-14(20)19(13)15-9-11-5-7-12(8-6-11)18(3)4/h5-10H,1-4H3,(H,17,20). The van der Waals surface area contributed by atoms with E-state index in [0.29, 0.717) is 4.77 Å². The summed E-state index contributed by atoms with van der Waals surface area (Å²) in [4.78, 5) is 2.06. The lowest BCUT2D eigenvalue weighted by atomic mass is 10.2. The molecule has 2 rings (SSSR count).